The van der Waals surface area contributed by atoms with Crippen molar-refractivity contribution in [3.05, 3.63) is 12.2 Å². The molecule has 9 heteroatoms. The monoisotopic (exact) mass is 454 g/mol. The third-order valence-electron chi connectivity index (χ3n) is 7.37. The molecule has 33 heavy (non-hydrogen) atoms. The van der Waals surface area contributed by atoms with Gasteiger partial charge in [0.1, 0.15) is 12.2 Å². The Kier molecular flexibility index (Phi) is 6.46. The molecule has 1 amide bonds. The minimum Gasteiger partial charge on any atom is -0.466 e. The fraction of sp³-hybridized carbons (Fsp3) is 0.708. The third kappa shape index (κ3) is 4.42. The summed E-state index contributed by atoms with van der Waals surface area (Å²) in [7, 11) is 0. The van der Waals surface area contributed by atoms with E-state index in [0.29, 0.717) is 39.1 Å². The predicted molar refractivity (Wildman–Crippen MR) is 124 cm³/mol. The zero-order valence-electron chi connectivity index (χ0n) is 19.5. The lowest BCUT2D eigenvalue weighted by atomic mass is 9.92. The molecule has 0 aromatic carbocycles. The molecule has 0 aliphatic carbocycles. The van der Waals surface area contributed by atoms with Crippen LogP contribution in [-0.4, -0.2) is 69.1 Å². The van der Waals surface area contributed by atoms with Gasteiger partial charge >= 0.3 is 5.97 Å². The molecule has 0 bridgehead atoms. The van der Waals surface area contributed by atoms with Gasteiger partial charge in [-0.3, -0.25) is 9.59 Å². The van der Waals surface area contributed by atoms with Gasteiger partial charge in [0, 0.05) is 39.1 Å². The smallest absolute Gasteiger partial charge is 0.309 e. The van der Waals surface area contributed by atoms with Crippen LogP contribution in [0.2, 0.25) is 0 Å². The predicted octanol–water partition coefficient (Wildman–Crippen LogP) is 2.57. The van der Waals surface area contributed by atoms with Gasteiger partial charge in [0.25, 0.3) is 0 Å². The maximum Gasteiger partial charge on any atom is 0.309 e. The summed E-state index contributed by atoms with van der Waals surface area (Å²) in [6.07, 6.45) is 9.40. The van der Waals surface area contributed by atoms with E-state index in [9.17, 15) is 9.59 Å². The van der Waals surface area contributed by atoms with E-state index in [1.54, 1.807) is 6.33 Å². The Morgan fingerprint density at radius 2 is 1.85 bits per heavy atom. The lowest BCUT2D eigenvalue weighted by molar-refractivity contribution is -0.151. The van der Waals surface area contributed by atoms with Crippen molar-refractivity contribution in [2.24, 2.45) is 11.8 Å². The number of amides is 1. The second-order valence-electron chi connectivity index (χ2n) is 9.50. The van der Waals surface area contributed by atoms with Crippen molar-refractivity contribution in [1.29, 1.82) is 0 Å². The first-order valence-corrected chi connectivity index (χ1v) is 12.6. The molecule has 9 nitrogen and oxygen atoms in total. The molecule has 2 fully saturated rings. The van der Waals surface area contributed by atoms with Gasteiger partial charge in [-0.05, 0) is 45.4 Å². The molecular formula is C24H34N6O3. The number of likely N-dealkylation sites (tertiary alicyclic amines) is 1. The van der Waals surface area contributed by atoms with Gasteiger partial charge in [-0.2, -0.15) is 0 Å². The van der Waals surface area contributed by atoms with Crippen LogP contribution in [0.3, 0.4) is 0 Å². The molecule has 2 saturated heterocycles. The number of hydrogen-bond donors (Lipinski definition) is 0. The van der Waals surface area contributed by atoms with Crippen LogP contribution in [-0.2, 0) is 27.3 Å². The Morgan fingerprint density at radius 1 is 1.00 bits per heavy atom. The van der Waals surface area contributed by atoms with Crippen molar-refractivity contribution < 1.29 is 14.3 Å². The Hall–Kier alpha value is -2.71. The molecule has 0 spiro atoms. The van der Waals surface area contributed by atoms with Crippen LogP contribution in [0.25, 0.3) is 11.2 Å². The molecule has 0 N–H and O–H groups in total. The quantitative estimate of drug-likeness (QED) is 0.656. The second kappa shape index (κ2) is 9.65. The number of fused-ring (bicyclic) bond motifs is 3. The largest absolute Gasteiger partial charge is 0.466 e. The number of carbonyl (C=O) groups is 2. The van der Waals surface area contributed by atoms with Crippen LogP contribution in [0, 0.1) is 11.8 Å². The lowest BCUT2D eigenvalue weighted by Crippen LogP contribution is -2.48. The molecule has 0 saturated carbocycles. The van der Waals surface area contributed by atoms with Crippen molar-refractivity contribution in [2.45, 2.75) is 64.8 Å². The Balaban J connectivity index is 1.28. The number of anilines is 1. The minimum atomic E-state index is -0.125. The molecule has 5 heterocycles. The Labute approximate surface area is 194 Å². The van der Waals surface area contributed by atoms with E-state index in [4.69, 9.17) is 9.72 Å². The summed E-state index contributed by atoms with van der Waals surface area (Å²) >= 11 is 0. The van der Waals surface area contributed by atoms with E-state index >= 15 is 0 Å². The van der Waals surface area contributed by atoms with Crippen molar-refractivity contribution in [3.63, 3.8) is 0 Å². The van der Waals surface area contributed by atoms with Crippen LogP contribution >= 0.6 is 0 Å². The highest BCUT2D eigenvalue weighted by atomic mass is 16.5. The SMILES string of the molecule is CCOC(=O)C1CCN(C(=O)[C@@H]2CCCN(c3ncnc4c3nc3n4CCCCC3)C2)CC1. The molecule has 0 radical (unpaired) electrons. The van der Waals surface area contributed by atoms with E-state index in [2.05, 4.69) is 19.4 Å². The molecule has 2 aromatic rings. The Bertz CT molecular complexity index is 1010. The fourth-order valence-electron chi connectivity index (χ4n) is 5.58. The second-order valence-corrected chi connectivity index (χ2v) is 9.50. The average molecular weight is 455 g/mol. The lowest BCUT2D eigenvalue weighted by Gasteiger charge is -2.37. The molecule has 2 aromatic heterocycles. The fourth-order valence-corrected chi connectivity index (χ4v) is 5.58. The molecule has 178 valence electrons. The van der Waals surface area contributed by atoms with E-state index in [0.717, 1.165) is 61.6 Å². The zero-order valence-corrected chi connectivity index (χ0v) is 19.5. The summed E-state index contributed by atoms with van der Waals surface area (Å²) in [6.45, 7) is 6.00. The average Bonchev–Trinajstić information content (AvgIpc) is 3.04. The van der Waals surface area contributed by atoms with Crippen LogP contribution in [0.4, 0.5) is 5.82 Å². The third-order valence-corrected chi connectivity index (χ3v) is 7.37. The van der Waals surface area contributed by atoms with Gasteiger partial charge < -0.3 is 19.1 Å². The number of carbonyl (C=O) groups excluding carboxylic acids is 2. The van der Waals surface area contributed by atoms with E-state index in [1.165, 1.54) is 12.8 Å². The molecule has 3 aliphatic rings. The van der Waals surface area contributed by atoms with Crippen molar-refractivity contribution in [2.75, 3.05) is 37.7 Å². The highest BCUT2D eigenvalue weighted by molar-refractivity contribution is 5.85. The minimum absolute atomic E-state index is 0.0525. The highest BCUT2D eigenvalue weighted by Gasteiger charge is 2.34. The Morgan fingerprint density at radius 3 is 2.67 bits per heavy atom. The van der Waals surface area contributed by atoms with Crippen LogP contribution in [0.1, 0.15) is 57.7 Å². The normalized spacial score (nSPS) is 22.2. The topological polar surface area (TPSA) is 93.4 Å². The molecule has 5 rings (SSSR count). The van der Waals surface area contributed by atoms with Crippen molar-refractivity contribution in [3.8, 4) is 0 Å². The van der Waals surface area contributed by atoms with Crippen molar-refractivity contribution in [1.82, 2.24) is 24.4 Å². The van der Waals surface area contributed by atoms with E-state index in [1.807, 2.05) is 11.8 Å². The highest BCUT2D eigenvalue weighted by Crippen LogP contribution is 2.30. The standard InChI is InChI=1S/C24H34N6O3/c1-2-33-24(32)17-9-13-28(14-10-17)23(31)18-7-6-11-29(15-18)21-20-22(26-16-25-21)30-12-5-3-4-8-19(30)27-20/h16-18H,2-15H2,1H3/t18-/m1/s1. The summed E-state index contributed by atoms with van der Waals surface area (Å²) in [6, 6.07) is 0. The number of rotatable bonds is 4. The first-order chi connectivity index (χ1) is 16.2. The van der Waals surface area contributed by atoms with Gasteiger partial charge in [-0.25, -0.2) is 15.0 Å². The zero-order chi connectivity index (χ0) is 22.8. The molecular weight excluding hydrogens is 420 g/mol. The number of piperidine rings is 2. The number of esters is 1. The molecule has 1 atom stereocenters. The number of aryl methyl sites for hydroxylation is 2. The maximum absolute atomic E-state index is 13.3. The van der Waals surface area contributed by atoms with E-state index in [-0.39, 0.29) is 23.7 Å². The maximum atomic E-state index is 13.3. The number of ether oxygens (including phenoxy) is 1. The van der Waals surface area contributed by atoms with Crippen molar-refractivity contribution >= 4 is 28.9 Å². The first-order valence-electron chi connectivity index (χ1n) is 12.6. The number of imidazole rings is 1. The van der Waals surface area contributed by atoms with Crippen LogP contribution < -0.4 is 4.90 Å². The number of nitrogens with zero attached hydrogens (tertiary/aromatic N) is 6. The van der Waals surface area contributed by atoms with Crippen LogP contribution in [0.15, 0.2) is 6.33 Å². The summed E-state index contributed by atoms with van der Waals surface area (Å²) in [5, 5.41) is 0. The molecule has 3 aliphatic heterocycles. The van der Waals surface area contributed by atoms with Gasteiger partial charge in [0.15, 0.2) is 17.0 Å². The van der Waals surface area contributed by atoms with Gasteiger partial charge in [-0.15, -0.1) is 0 Å². The van der Waals surface area contributed by atoms with E-state index < -0.39 is 0 Å². The summed E-state index contributed by atoms with van der Waals surface area (Å²) < 4.78 is 7.42. The van der Waals surface area contributed by atoms with Gasteiger partial charge in [0.2, 0.25) is 5.91 Å². The summed E-state index contributed by atoms with van der Waals surface area (Å²) in [5.41, 5.74) is 1.80. The number of aromatic nitrogens is 4. The van der Waals surface area contributed by atoms with Gasteiger partial charge in [-0.1, -0.05) is 6.42 Å². The summed E-state index contributed by atoms with van der Waals surface area (Å²) in [5.74, 6) is 1.91. The molecule has 0 unspecified atom stereocenters. The summed E-state index contributed by atoms with van der Waals surface area (Å²) in [4.78, 5) is 43.6. The number of hydrogen-bond acceptors (Lipinski definition) is 7. The van der Waals surface area contributed by atoms with Gasteiger partial charge in [0.05, 0.1) is 18.4 Å². The first kappa shape index (κ1) is 22.1. The van der Waals surface area contributed by atoms with Crippen LogP contribution in [0.5, 0.6) is 0 Å².